The summed E-state index contributed by atoms with van der Waals surface area (Å²) in [6, 6.07) is -0.740. The van der Waals surface area contributed by atoms with E-state index in [9.17, 15) is 9.90 Å². The molecule has 1 atom stereocenters. The highest BCUT2D eigenvalue weighted by Crippen LogP contribution is 2.60. The number of nitrogens with zero attached hydrogens (tertiary/aromatic N) is 3. The van der Waals surface area contributed by atoms with Crippen molar-refractivity contribution in [2.45, 2.75) is 63.5 Å². The van der Waals surface area contributed by atoms with Crippen molar-refractivity contribution in [3.05, 3.63) is 23.3 Å². The van der Waals surface area contributed by atoms with Crippen molar-refractivity contribution >= 4 is 18.2 Å². The highest BCUT2D eigenvalue weighted by Gasteiger charge is 2.54. The molecule has 0 amide bonds. The van der Waals surface area contributed by atoms with Crippen LogP contribution in [0.3, 0.4) is 0 Å². The molecule has 5 rings (SSSR count). The van der Waals surface area contributed by atoms with Gasteiger partial charge in [-0.2, -0.15) is 5.10 Å². The Balaban J connectivity index is 1.82. The van der Waals surface area contributed by atoms with Gasteiger partial charge < -0.3 is 5.11 Å². The van der Waals surface area contributed by atoms with E-state index in [1.807, 2.05) is 10.6 Å². The van der Waals surface area contributed by atoms with E-state index in [4.69, 9.17) is 17.3 Å². The summed E-state index contributed by atoms with van der Waals surface area (Å²) >= 11 is 5.58. The first kappa shape index (κ1) is 16.1. The molecule has 130 valence electrons. The molecular formula is C18H25N3O2S. The van der Waals surface area contributed by atoms with Crippen LogP contribution in [0.4, 0.5) is 0 Å². The van der Waals surface area contributed by atoms with Crippen LogP contribution in [0, 0.1) is 22.5 Å². The van der Waals surface area contributed by atoms with Crippen LogP contribution >= 0.6 is 12.2 Å². The van der Waals surface area contributed by atoms with Crippen LogP contribution in [-0.2, 0) is 16.8 Å². The molecule has 0 spiro atoms. The number of carboxylic acids is 1. The quantitative estimate of drug-likeness (QED) is 0.651. The maximum atomic E-state index is 11.4. The molecule has 24 heavy (non-hydrogen) atoms. The summed E-state index contributed by atoms with van der Waals surface area (Å²) in [4.78, 5) is 11.4. The molecular weight excluding hydrogens is 322 g/mol. The zero-order valence-corrected chi connectivity index (χ0v) is 15.0. The molecule has 1 aromatic rings. The average molecular weight is 347 g/mol. The molecule has 1 heterocycles. The predicted octanol–water partition coefficient (Wildman–Crippen LogP) is 3.71. The molecule has 1 unspecified atom stereocenters. The zero-order chi connectivity index (χ0) is 17.1. The van der Waals surface area contributed by atoms with E-state index in [0.29, 0.717) is 11.3 Å². The van der Waals surface area contributed by atoms with Gasteiger partial charge in [0.15, 0.2) is 4.77 Å². The van der Waals surface area contributed by atoms with E-state index in [1.165, 1.54) is 43.2 Å². The average Bonchev–Trinajstić information content (AvgIpc) is 2.83. The Morgan fingerprint density at radius 3 is 2.38 bits per heavy atom. The number of allylic oxidation sites excluding steroid dienone is 1. The molecule has 1 N–H and O–H groups in total. The second-order valence-corrected chi connectivity index (χ2v) is 8.53. The van der Waals surface area contributed by atoms with Gasteiger partial charge in [-0.25, -0.2) is 9.48 Å². The fourth-order valence-electron chi connectivity index (χ4n) is 5.84. The van der Waals surface area contributed by atoms with Gasteiger partial charge >= 0.3 is 5.97 Å². The van der Waals surface area contributed by atoms with Crippen molar-refractivity contribution < 1.29 is 9.90 Å². The second-order valence-electron chi connectivity index (χ2n) is 8.16. The van der Waals surface area contributed by atoms with Crippen LogP contribution in [0.5, 0.6) is 0 Å². The van der Waals surface area contributed by atoms with Gasteiger partial charge in [0.1, 0.15) is 11.9 Å². The lowest BCUT2D eigenvalue weighted by molar-refractivity contribution is -0.140. The molecule has 1 aromatic heterocycles. The van der Waals surface area contributed by atoms with Crippen molar-refractivity contribution in [3.8, 4) is 0 Å². The fraction of sp³-hybridized carbons (Fsp3) is 0.722. The second kappa shape index (κ2) is 5.55. The van der Waals surface area contributed by atoms with E-state index >= 15 is 0 Å². The minimum absolute atomic E-state index is 0.0921. The molecule has 0 aliphatic heterocycles. The number of carboxylic acid groups (broad SMARTS) is 1. The third-order valence-electron chi connectivity index (χ3n) is 6.43. The highest BCUT2D eigenvalue weighted by molar-refractivity contribution is 7.71. The summed E-state index contributed by atoms with van der Waals surface area (Å²) in [5.74, 6) is 2.54. The van der Waals surface area contributed by atoms with E-state index in [1.54, 1.807) is 6.92 Å². The molecule has 0 aromatic carbocycles. The standard InChI is InChI=1S/C18H25N3O2S/c1-3-4-20-16(19-21(17(20)24)11(2)15(22)23)18-8-12-5-13(9-18)7-14(6-12)10-18/h3,11-14H,1,4-10H2,2H3,(H,22,23). The first-order chi connectivity index (χ1) is 11.4. The molecule has 0 saturated heterocycles. The first-order valence-corrected chi connectivity index (χ1v) is 9.38. The minimum Gasteiger partial charge on any atom is -0.480 e. The van der Waals surface area contributed by atoms with Crippen LogP contribution in [0.2, 0.25) is 0 Å². The summed E-state index contributed by atoms with van der Waals surface area (Å²) in [6.07, 6.45) is 9.49. The SMILES string of the molecule is C=CCn1c(C23CC4CC(CC(C4)C2)C3)nn(C(C)C(=O)O)c1=S. The van der Waals surface area contributed by atoms with Crippen molar-refractivity contribution in [3.63, 3.8) is 0 Å². The number of aliphatic carboxylic acids is 1. The van der Waals surface area contributed by atoms with Gasteiger partial charge in [0, 0.05) is 12.0 Å². The summed E-state index contributed by atoms with van der Waals surface area (Å²) in [5.41, 5.74) is 0.0921. The van der Waals surface area contributed by atoms with Gasteiger partial charge in [0.25, 0.3) is 0 Å². The van der Waals surface area contributed by atoms with Crippen LogP contribution in [0.25, 0.3) is 0 Å². The van der Waals surface area contributed by atoms with Crippen molar-refractivity contribution in [2.75, 3.05) is 0 Å². The summed E-state index contributed by atoms with van der Waals surface area (Å²) in [7, 11) is 0. The maximum absolute atomic E-state index is 11.4. The Hall–Kier alpha value is -1.43. The van der Waals surface area contributed by atoms with Gasteiger partial charge in [0.05, 0.1) is 0 Å². The van der Waals surface area contributed by atoms with E-state index in [0.717, 1.165) is 23.6 Å². The summed E-state index contributed by atoms with van der Waals surface area (Å²) in [6.45, 7) is 6.10. The molecule has 4 saturated carbocycles. The van der Waals surface area contributed by atoms with Crippen LogP contribution in [0.15, 0.2) is 12.7 Å². The van der Waals surface area contributed by atoms with Gasteiger partial charge in [-0.15, -0.1) is 6.58 Å². The lowest BCUT2D eigenvalue weighted by Gasteiger charge is -2.56. The Morgan fingerprint density at radius 2 is 1.92 bits per heavy atom. The Labute approximate surface area is 147 Å². The highest BCUT2D eigenvalue weighted by atomic mass is 32.1. The van der Waals surface area contributed by atoms with Crippen molar-refractivity contribution in [1.29, 1.82) is 0 Å². The van der Waals surface area contributed by atoms with Gasteiger partial charge in [0.2, 0.25) is 0 Å². The number of aromatic nitrogens is 3. The van der Waals surface area contributed by atoms with E-state index < -0.39 is 12.0 Å². The number of carbonyl (C=O) groups is 1. The summed E-state index contributed by atoms with van der Waals surface area (Å²) < 4.78 is 4.07. The first-order valence-electron chi connectivity index (χ1n) is 8.97. The molecule has 4 bridgehead atoms. The predicted molar refractivity (Wildman–Crippen MR) is 93.4 cm³/mol. The Kier molecular flexibility index (Phi) is 3.71. The largest absolute Gasteiger partial charge is 0.480 e. The number of rotatable bonds is 5. The fourth-order valence-corrected chi connectivity index (χ4v) is 6.20. The number of hydrogen-bond donors (Lipinski definition) is 1. The summed E-state index contributed by atoms with van der Waals surface area (Å²) in [5, 5.41) is 14.2. The van der Waals surface area contributed by atoms with Crippen LogP contribution in [0.1, 0.15) is 57.3 Å². The molecule has 4 aliphatic carbocycles. The molecule has 5 nitrogen and oxygen atoms in total. The smallest absolute Gasteiger partial charge is 0.328 e. The van der Waals surface area contributed by atoms with Crippen LogP contribution < -0.4 is 0 Å². The van der Waals surface area contributed by atoms with E-state index in [2.05, 4.69) is 6.58 Å². The lowest BCUT2D eigenvalue weighted by Crippen LogP contribution is -2.49. The lowest BCUT2D eigenvalue weighted by atomic mass is 9.49. The van der Waals surface area contributed by atoms with Gasteiger partial charge in [-0.3, -0.25) is 4.57 Å². The molecule has 4 fully saturated rings. The van der Waals surface area contributed by atoms with E-state index in [-0.39, 0.29) is 5.41 Å². The molecule has 0 radical (unpaired) electrons. The monoisotopic (exact) mass is 347 g/mol. The third kappa shape index (κ3) is 2.30. The Morgan fingerprint density at radius 1 is 1.38 bits per heavy atom. The van der Waals surface area contributed by atoms with Crippen molar-refractivity contribution in [1.82, 2.24) is 14.3 Å². The molecule has 6 heteroatoms. The minimum atomic E-state index is -0.897. The van der Waals surface area contributed by atoms with Gasteiger partial charge in [-0.05, 0) is 75.4 Å². The molecule has 4 aliphatic rings. The van der Waals surface area contributed by atoms with Crippen LogP contribution in [-0.4, -0.2) is 25.4 Å². The maximum Gasteiger partial charge on any atom is 0.328 e. The topological polar surface area (TPSA) is 60.0 Å². The zero-order valence-electron chi connectivity index (χ0n) is 14.1. The third-order valence-corrected chi connectivity index (χ3v) is 6.84. The number of hydrogen-bond acceptors (Lipinski definition) is 3. The van der Waals surface area contributed by atoms with Crippen molar-refractivity contribution in [2.24, 2.45) is 17.8 Å². The Bertz CT molecular complexity index is 713. The normalized spacial score (nSPS) is 35.1. The van der Waals surface area contributed by atoms with Gasteiger partial charge in [-0.1, -0.05) is 6.08 Å².